The van der Waals surface area contributed by atoms with E-state index in [1.54, 1.807) is 12.1 Å². The number of nitrogens with one attached hydrogen (secondary N) is 2. The van der Waals surface area contributed by atoms with E-state index < -0.39 is 5.97 Å². The molecule has 130 valence electrons. The van der Waals surface area contributed by atoms with E-state index in [4.69, 9.17) is 4.74 Å². The van der Waals surface area contributed by atoms with E-state index in [2.05, 4.69) is 16.7 Å². The van der Waals surface area contributed by atoms with Crippen molar-refractivity contribution in [2.75, 3.05) is 25.0 Å². The predicted octanol–water partition coefficient (Wildman–Crippen LogP) is 3.28. The summed E-state index contributed by atoms with van der Waals surface area (Å²) in [6, 6.07) is 7.24. The van der Waals surface area contributed by atoms with Crippen molar-refractivity contribution < 1.29 is 14.3 Å². The molecule has 1 aliphatic carbocycles. The number of carbonyl (C=O) groups excluding carboxylic acids is 2. The van der Waals surface area contributed by atoms with Crippen molar-refractivity contribution in [3.63, 3.8) is 0 Å². The van der Waals surface area contributed by atoms with Crippen molar-refractivity contribution in [3.8, 4) is 0 Å². The first-order valence-electron chi connectivity index (χ1n) is 8.65. The molecule has 1 aliphatic rings. The van der Waals surface area contributed by atoms with Crippen LogP contribution in [0.4, 0.5) is 5.69 Å². The Labute approximate surface area is 143 Å². The Balaban J connectivity index is 1.87. The van der Waals surface area contributed by atoms with Gasteiger partial charge in [0, 0.05) is 18.8 Å². The molecule has 2 rings (SSSR count). The third kappa shape index (κ3) is 5.72. The standard InChI is InChI=1S/C19H26N2O3/c1-2-20-18(22)14-24-19(23)16-10-6-7-11-17(16)21-13-12-15-8-4-3-5-9-15/h6-8,10-11,21H,2-5,9,12-14H2,1H3,(H,20,22). The third-order valence-electron chi connectivity index (χ3n) is 4.00. The van der Waals surface area contributed by atoms with Crippen molar-refractivity contribution in [2.45, 2.75) is 39.0 Å². The van der Waals surface area contributed by atoms with Gasteiger partial charge in [-0.05, 0) is 51.2 Å². The normalized spacial score (nSPS) is 13.8. The summed E-state index contributed by atoms with van der Waals surface area (Å²) in [5.41, 5.74) is 2.69. The zero-order chi connectivity index (χ0) is 17.2. The minimum atomic E-state index is -0.485. The van der Waals surface area contributed by atoms with Crippen LogP contribution in [0.25, 0.3) is 0 Å². The molecule has 0 aliphatic heterocycles. The average molecular weight is 330 g/mol. The van der Waals surface area contributed by atoms with E-state index in [9.17, 15) is 9.59 Å². The summed E-state index contributed by atoms with van der Waals surface area (Å²) in [5, 5.41) is 5.91. The van der Waals surface area contributed by atoms with Crippen LogP contribution >= 0.6 is 0 Å². The van der Waals surface area contributed by atoms with Gasteiger partial charge < -0.3 is 15.4 Å². The molecule has 0 radical (unpaired) electrons. The third-order valence-corrected chi connectivity index (χ3v) is 4.00. The van der Waals surface area contributed by atoms with E-state index in [1.165, 1.54) is 31.3 Å². The summed E-state index contributed by atoms with van der Waals surface area (Å²) in [4.78, 5) is 23.6. The number of carbonyl (C=O) groups is 2. The van der Waals surface area contributed by atoms with Crippen LogP contribution in [0.5, 0.6) is 0 Å². The minimum absolute atomic E-state index is 0.256. The largest absolute Gasteiger partial charge is 0.452 e. The minimum Gasteiger partial charge on any atom is -0.452 e. The SMILES string of the molecule is CCNC(=O)COC(=O)c1ccccc1NCCC1=CCCCC1. The molecule has 5 heteroatoms. The molecule has 1 aromatic carbocycles. The monoisotopic (exact) mass is 330 g/mol. The molecule has 0 aromatic heterocycles. The molecule has 0 heterocycles. The molecule has 0 spiro atoms. The maximum Gasteiger partial charge on any atom is 0.340 e. The first-order chi connectivity index (χ1) is 11.7. The summed E-state index contributed by atoms with van der Waals surface area (Å²) in [7, 11) is 0. The van der Waals surface area contributed by atoms with Crippen LogP contribution in [0.3, 0.4) is 0 Å². The van der Waals surface area contributed by atoms with E-state index >= 15 is 0 Å². The quantitative estimate of drug-likeness (QED) is 0.567. The van der Waals surface area contributed by atoms with Crippen LogP contribution in [0.1, 0.15) is 49.4 Å². The number of ether oxygens (including phenoxy) is 1. The molecule has 1 aromatic rings. The van der Waals surface area contributed by atoms with Gasteiger partial charge in [-0.3, -0.25) is 4.79 Å². The van der Waals surface area contributed by atoms with Crippen molar-refractivity contribution in [3.05, 3.63) is 41.5 Å². The van der Waals surface area contributed by atoms with Crippen LogP contribution in [-0.2, 0) is 9.53 Å². The number of amides is 1. The summed E-state index contributed by atoms with van der Waals surface area (Å²) in [6.07, 6.45) is 8.24. The van der Waals surface area contributed by atoms with Gasteiger partial charge in [0.1, 0.15) is 0 Å². The molecule has 0 unspecified atom stereocenters. The van der Waals surface area contributed by atoms with Gasteiger partial charge in [0.25, 0.3) is 5.91 Å². The van der Waals surface area contributed by atoms with Crippen molar-refractivity contribution in [1.29, 1.82) is 0 Å². The molecule has 0 bridgehead atoms. The first kappa shape index (κ1) is 18.0. The van der Waals surface area contributed by atoms with E-state index in [-0.39, 0.29) is 12.5 Å². The van der Waals surface area contributed by atoms with Crippen LogP contribution in [0, 0.1) is 0 Å². The number of anilines is 1. The van der Waals surface area contributed by atoms with Crippen LogP contribution in [-0.4, -0.2) is 31.6 Å². The molecule has 0 fully saturated rings. The lowest BCUT2D eigenvalue weighted by Crippen LogP contribution is -2.28. The molecule has 5 nitrogen and oxygen atoms in total. The average Bonchev–Trinajstić information content (AvgIpc) is 2.61. The molecule has 0 atom stereocenters. The molecular weight excluding hydrogens is 304 g/mol. The maximum atomic E-state index is 12.2. The van der Waals surface area contributed by atoms with Crippen LogP contribution in [0.2, 0.25) is 0 Å². The van der Waals surface area contributed by atoms with Gasteiger partial charge in [0.05, 0.1) is 5.56 Å². The zero-order valence-electron chi connectivity index (χ0n) is 14.3. The number of para-hydroxylation sites is 1. The highest BCUT2D eigenvalue weighted by Gasteiger charge is 2.14. The Morgan fingerprint density at radius 3 is 2.79 bits per heavy atom. The fourth-order valence-corrected chi connectivity index (χ4v) is 2.76. The topological polar surface area (TPSA) is 67.4 Å². The van der Waals surface area contributed by atoms with Gasteiger partial charge in [-0.2, -0.15) is 0 Å². The van der Waals surface area contributed by atoms with Crippen molar-refractivity contribution in [2.24, 2.45) is 0 Å². The number of hydrogen-bond donors (Lipinski definition) is 2. The fraction of sp³-hybridized carbons (Fsp3) is 0.474. The molecule has 0 saturated carbocycles. The highest BCUT2D eigenvalue weighted by atomic mass is 16.5. The predicted molar refractivity (Wildman–Crippen MR) is 95.1 cm³/mol. The summed E-state index contributed by atoms with van der Waals surface area (Å²) in [5.74, 6) is -0.776. The van der Waals surface area contributed by atoms with Gasteiger partial charge in [-0.1, -0.05) is 23.8 Å². The fourth-order valence-electron chi connectivity index (χ4n) is 2.76. The number of rotatable bonds is 8. The van der Waals surface area contributed by atoms with Crippen molar-refractivity contribution >= 4 is 17.6 Å². The Kier molecular flexibility index (Phi) is 7.33. The number of hydrogen-bond acceptors (Lipinski definition) is 4. The first-order valence-corrected chi connectivity index (χ1v) is 8.65. The lowest BCUT2D eigenvalue weighted by Gasteiger charge is -2.15. The Morgan fingerprint density at radius 1 is 1.21 bits per heavy atom. The van der Waals surface area contributed by atoms with Gasteiger partial charge >= 0.3 is 5.97 Å². The Morgan fingerprint density at radius 2 is 2.04 bits per heavy atom. The smallest absolute Gasteiger partial charge is 0.340 e. The molecule has 1 amide bonds. The molecule has 2 N–H and O–H groups in total. The Bertz CT molecular complexity index is 596. The molecule has 0 saturated heterocycles. The summed E-state index contributed by atoms with van der Waals surface area (Å²) >= 11 is 0. The number of esters is 1. The molecule has 24 heavy (non-hydrogen) atoms. The van der Waals surface area contributed by atoms with Gasteiger partial charge in [0.15, 0.2) is 6.61 Å². The van der Waals surface area contributed by atoms with Crippen LogP contribution in [0.15, 0.2) is 35.9 Å². The lowest BCUT2D eigenvalue weighted by atomic mass is 9.97. The van der Waals surface area contributed by atoms with Crippen molar-refractivity contribution in [1.82, 2.24) is 5.32 Å². The second kappa shape index (κ2) is 9.75. The molecular formula is C19H26N2O3. The highest BCUT2D eigenvalue weighted by molar-refractivity contribution is 5.96. The summed E-state index contributed by atoms with van der Waals surface area (Å²) in [6.45, 7) is 2.87. The second-order valence-electron chi connectivity index (χ2n) is 5.86. The van der Waals surface area contributed by atoms with Gasteiger partial charge in [0.2, 0.25) is 0 Å². The van der Waals surface area contributed by atoms with Crippen LogP contribution < -0.4 is 10.6 Å². The number of benzene rings is 1. The van der Waals surface area contributed by atoms with E-state index in [0.717, 1.165) is 18.7 Å². The van der Waals surface area contributed by atoms with E-state index in [0.29, 0.717) is 12.1 Å². The Hall–Kier alpha value is -2.30. The summed E-state index contributed by atoms with van der Waals surface area (Å²) < 4.78 is 5.08. The van der Waals surface area contributed by atoms with Gasteiger partial charge in [-0.15, -0.1) is 0 Å². The second-order valence-corrected chi connectivity index (χ2v) is 5.86. The van der Waals surface area contributed by atoms with E-state index in [1.807, 2.05) is 19.1 Å². The zero-order valence-corrected chi connectivity index (χ0v) is 14.3. The lowest BCUT2D eigenvalue weighted by molar-refractivity contribution is -0.124. The number of allylic oxidation sites excluding steroid dienone is 1. The van der Waals surface area contributed by atoms with Gasteiger partial charge in [-0.25, -0.2) is 4.79 Å². The number of likely N-dealkylation sites (N-methyl/N-ethyl adjacent to an activating group) is 1. The maximum absolute atomic E-state index is 12.2. The highest BCUT2D eigenvalue weighted by Crippen LogP contribution is 2.21.